The first kappa shape index (κ1) is 17.0. The molecule has 0 unspecified atom stereocenters. The molecule has 0 radical (unpaired) electrons. The smallest absolute Gasteiger partial charge is 0.0998 e. The third kappa shape index (κ3) is 4.15. The van der Waals surface area contributed by atoms with Gasteiger partial charge in [-0.25, -0.2) is 0 Å². The maximum Gasteiger partial charge on any atom is 0.0998 e. The van der Waals surface area contributed by atoms with E-state index in [-0.39, 0.29) is 0 Å². The molecule has 0 bridgehead atoms. The Hall–Kier alpha value is -3.88. The molecule has 3 aromatic rings. The number of hydrogen-bond donors (Lipinski definition) is 0. The summed E-state index contributed by atoms with van der Waals surface area (Å²) in [5.41, 5.74) is 4.81. The summed E-state index contributed by atoms with van der Waals surface area (Å²) in [6, 6.07) is 31.5. The molecule has 0 aliphatic heterocycles. The normalized spacial score (nSPS) is 11.5. The Balaban J connectivity index is 1.90. The SMILES string of the molecule is N#C/C(=C\c1ccccc1)c1ccc(/C(C#N)=C/c2ccccc2)cc1. The van der Waals surface area contributed by atoms with Crippen molar-refractivity contribution < 1.29 is 0 Å². The van der Waals surface area contributed by atoms with E-state index in [2.05, 4.69) is 12.1 Å². The Morgan fingerprint density at radius 2 is 0.885 bits per heavy atom. The lowest BCUT2D eigenvalue weighted by molar-refractivity contribution is 1.50. The zero-order valence-electron chi connectivity index (χ0n) is 14.1. The van der Waals surface area contributed by atoms with Gasteiger partial charge < -0.3 is 0 Å². The van der Waals surface area contributed by atoms with Crippen molar-refractivity contribution in [3.8, 4) is 12.1 Å². The minimum atomic E-state index is 0.591. The van der Waals surface area contributed by atoms with Gasteiger partial charge in [0.1, 0.15) is 0 Å². The molecule has 0 atom stereocenters. The second-order valence-corrected chi connectivity index (χ2v) is 5.74. The van der Waals surface area contributed by atoms with Crippen molar-refractivity contribution >= 4 is 23.3 Å². The van der Waals surface area contributed by atoms with Crippen molar-refractivity contribution in [2.75, 3.05) is 0 Å². The first-order valence-electron chi connectivity index (χ1n) is 8.24. The van der Waals surface area contributed by atoms with Gasteiger partial charge in [-0.3, -0.25) is 0 Å². The van der Waals surface area contributed by atoms with Crippen LogP contribution < -0.4 is 0 Å². The van der Waals surface area contributed by atoms with Gasteiger partial charge >= 0.3 is 0 Å². The maximum absolute atomic E-state index is 9.48. The molecule has 0 fully saturated rings. The van der Waals surface area contributed by atoms with Crippen LogP contribution in [0.4, 0.5) is 0 Å². The van der Waals surface area contributed by atoms with E-state index in [0.29, 0.717) is 11.1 Å². The highest BCUT2D eigenvalue weighted by Crippen LogP contribution is 2.22. The van der Waals surface area contributed by atoms with E-state index in [1.807, 2.05) is 97.1 Å². The highest BCUT2D eigenvalue weighted by molar-refractivity contribution is 5.92. The third-order valence-electron chi connectivity index (χ3n) is 3.97. The number of rotatable bonds is 4. The zero-order chi connectivity index (χ0) is 18.2. The molecule has 0 N–H and O–H groups in total. The first-order chi connectivity index (χ1) is 12.8. The summed E-state index contributed by atoms with van der Waals surface area (Å²) in [7, 11) is 0. The summed E-state index contributed by atoms with van der Waals surface area (Å²) in [6.45, 7) is 0. The highest BCUT2D eigenvalue weighted by Gasteiger charge is 2.05. The number of nitrogens with zero attached hydrogens (tertiary/aromatic N) is 2. The van der Waals surface area contributed by atoms with Crippen molar-refractivity contribution in [1.82, 2.24) is 0 Å². The molecule has 0 saturated carbocycles. The second kappa shape index (κ2) is 8.29. The Morgan fingerprint density at radius 3 is 1.19 bits per heavy atom. The number of allylic oxidation sites excluding steroid dienone is 2. The summed E-state index contributed by atoms with van der Waals surface area (Å²) in [5.74, 6) is 0. The average molecular weight is 332 g/mol. The molecule has 0 heterocycles. The van der Waals surface area contributed by atoms with Crippen LogP contribution in [0, 0.1) is 22.7 Å². The predicted molar refractivity (Wildman–Crippen MR) is 106 cm³/mol. The van der Waals surface area contributed by atoms with Crippen molar-refractivity contribution in [2.24, 2.45) is 0 Å². The monoisotopic (exact) mass is 332 g/mol. The van der Waals surface area contributed by atoms with E-state index in [9.17, 15) is 10.5 Å². The van der Waals surface area contributed by atoms with Crippen molar-refractivity contribution in [2.45, 2.75) is 0 Å². The predicted octanol–water partition coefficient (Wildman–Crippen LogP) is 5.81. The summed E-state index contributed by atoms with van der Waals surface area (Å²) in [6.07, 6.45) is 3.72. The Kier molecular flexibility index (Phi) is 5.41. The molecule has 0 saturated heterocycles. The summed E-state index contributed by atoms with van der Waals surface area (Å²) >= 11 is 0. The van der Waals surface area contributed by atoms with Crippen LogP contribution in [-0.4, -0.2) is 0 Å². The molecular weight excluding hydrogens is 316 g/mol. The van der Waals surface area contributed by atoms with Crippen LogP contribution in [0.25, 0.3) is 23.3 Å². The quantitative estimate of drug-likeness (QED) is 0.447. The van der Waals surface area contributed by atoms with Gasteiger partial charge in [-0.1, -0.05) is 84.9 Å². The molecule has 122 valence electrons. The summed E-state index contributed by atoms with van der Waals surface area (Å²) in [5, 5.41) is 19.0. The highest BCUT2D eigenvalue weighted by atomic mass is 14.3. The molecule has 3 aromatic carbocycles. The van der Waals surface area contributed by atoms with Crippen LogP contribution in [0.2, 0.25) is 0 Å². The number of hydrogen-bond acceptors (Lipinski definition) is 2. The molecule has 0 aliphatic carbocycles. The Bertz CT molecular complexity index is 927. The van der Waals surface area contributed by atoms with Crippen molar-refractivity contribution in [1.29, 1.82) is 10.5 Å². The lowest BCUT2D eigenvalue weighted by Gasteiger charge is -2.04. The minimum absolute atomic E-state index is 0.591. The van der Waals surface area contributed by atoms with E-state index < -0.39 is 0 Å². The Morgan fingerprint density at radius 1 is 0.538 bits per heavy atom. The molecule has 0 amide bonds. The molecule has 26 heavy (non-hydrogen) atoms. The van der Waals surface area contributed by atoms with Gasteiger partial charge in [0.25, 0.3) is 0 Å². The van der Waals surface area contributed by atoms with Gasteiger partial charge in [-0.15, -0.1) is 0 Å². The van der Waals surface area contributed by atoms with E-state index >= 15 is 0 Å². The van der Waals surface area contributed by atoms with Gasteiger partial charge in [0.15, 0.2) is 0 Å². The topological polar surface area (TPSA) is 47.6 Å². The zero-order valence-corrected chi connectivity index (χ0v) is 14.1. The largest absolute Gasteiger partial charge is 0.192 e. The fraction of sp³-hybridized carbons (Fsp3) is 0. The van der Waals surface area contributed by atoms with Gasteiger partial charge in [0.05, 0.1) is 23.3 Å². The number of nitriles is 2. The molecule has 0 aliphatic rings. The van der Waals surface area contributed by atoms with Crippen LogP contribution in [0.15, 0.2) is 84.9 Å². The second-order valence-electron chi connectivity index (χ2n) is 5.74. The minimum Gasteiger partial charge on any atom is -0.192 e. The first-order valence-corrected chi connectivity index (χ1v) is 8.24. The van der Waals surface area contributed by atoms with Gasteiger partial charge in [0, 0.05) is 0 Å². The fourth-order valence-corrected chi connectivity index (χ4v) is 2.62. The van der Waals surface area contributed by atoms with Gasteiger partial charge in [0.2, 0.25) is 0 Å². The van der Waals surface area contributed by atoms with E-state index in [4.69, 9.17) is 0 Å². The molecule has 3 rings (SSSR count). The fourth-order valence-electron chi connectivity index (χ4n) is 2.62. The van der Waals surface area contributed by atoms with Crippen molar-refractivity contribution in [3.05, 3.63) is 107 Å². The van der Waals surface area contributed by atoms with Crippen LogP contribution in [0.3, 0.4) is 0 Å². The standard InChI is InChI=1S/C24H16N2/c25-17-23(15-19-7-3-1-4-8-19)21-11-13-22(14-12-21)24(18-26)16-20-9-5-2-6-10-20/h1-16H/b23-15+,24-16+. The number of benzene rings is 3. The van der Waals surface area contributed by atoms with E-state index in [0.717, 1.165) is 22.3 Å². The molecule has 0 spiro atoms. The Labute approximate surface area is 153 Å². The van der Waals surface area contributed by atoms with Crippen LogP contribution in [-0.2, 0) is 0 Å². The molecule has 2 nitrogen and oxygen atoms in total. The van der Waals surface area contributed by atoms with E-state index in [1.165, 1.54) is 0 Å². The summed E-state index contributed by atoms with van der Waals surface area (Å²) < 4.78 is 0. The van der Waals surface area contributed by atoms with Gasteiger partial charge in [-0.05, 0) is 34.4 Å². The molecule has 0 aromatic heterocycles. The average Bonchev–Trinajstić information content (AvgIpc) is 2.72. The van der Waals surface area contributed by atoms with Crippen molar-refractivity contribution in [3.63, 3.8) is 0 Å². The maximum atomic E-state index is 9.48. The molecular formula is C24H16N2. The lowest BCUT2D eigenvalue weighted by atomic mass is 9.99. The van der Waals surface area contributed by atoms with Gasteiger partial charge in [-0.2, -0.15) is 10.5 Å². The summed E-state index contributed by atoms with van der Waals surface area (Å²) in [4.78, 5) is 0. The third-order valence-corrected chi connectivity index (χ3v) is 3.97. The van der Waals surface area contributed by atoms with Crippen LogP contribution >= 0.6 is 0 Å². The van der Waals surface area contributed by atoms with E-state index in [1.54, 1.807) is 0 Å². The lowest BCUT2D eigenvalue weighted by Crippen LogP contribution is -1.86. The van der Waals surface area contributed by atoms with Crippen LogP contribution in [0.5, 0.6) is 0 Å². The van der Waals surface area contributed by atoms with Crippen LogP contribution in [0.1, 0.15) is 22.3 Å². The molecule has 2 heteroatoms.